The number of rotatable bonds is 10. The van der Waals surface area contributed by atoms with Gasteiger partial charge in [0.15, 0.2) is 0 Å². The van der Waals surface area contributed by atoms with E-state index in [4.69, 9.17) is 4.74 Å². The quantitative estimate of drug-likeness (QED) is 0.383. The summed E-state index contributed by atoms with van der Waals surface area (Å²) >= 11 is 0. The first-order chi connectivity index (χ1) is 17.0. The lowest BCUT2D eigenvalue weighted by atomic mass is 9.94. The van der Waals surface area contributed by atoms with Crippen molar-refractivity contribution in [3.05, 3.63) is 77.6 Å². The number of carbonyl (C=O) groups is 2. The second kappa shape index (κ2) is 11.1. The molecule has 2 aromatic carbocycles. The third kappa shape index (κ3) is 5.46. The summed E-state index contributed by atoms with van der Waals surface area (Å²) in [7, 11) is 1.64. The third-order valence-electron chi connectivity index (χ3n) is 6.35. The Morgan fingerprint density at radius 1 is 1.06 bits per heavy atom. The highest BCUT2D eigenvalue weighted by Crippen LogP contribution is 2.40. The number of fused-ring (bicyclic) bond motifs is 1. The average molecular weight is 473 g/mol. The summed E-state index contributed by atoms with van der Waals surface area (Å²) in [6, 6.07) is 17.4. The van der Waals surface area contributed by atoms with Gasteiger partial charge in [-0.3, -0.25) is 9.59 Å². The Bertz CT molecular complexity index is 1220. The van der Waals surface area contributed by atoms with Gasteiger partial charge in [-0.25, -0.2) is 0 Å². The number of likely N-dealkylation sites (N-methyl/N-ethyl adjacent to an activating group) is 1. The van der Waals surface area contributed by atoms with Crippen LogP contribution in [0.3, 0.4) is 0 Å². The first kappa shape index (κ1) is 24.3. The number of anilines is 1. The zero-order valence-corrected chi connectivity index (χ0v) is 20.5. The van der Waals surface area contributed by atoms with Crippen molar-refractivity contribution in [1.82, 2.24) is 15.2 Å². The standard InChI is InChI=1S/C28H32N4O3/c1-4-32(5-2)18-17-29-28(34)25-16-12-20(30-25)11-15-23-26-22(7-6-8-24(26)31-27(23)33)19-9-13-21(35-3)14-10-19/h6-10,12-16,30H,4-5,11,17-18H2,1-3H3,(H,29,34)(H,31,33)/b23-15-. The van der Waals surface area contributed by atoms with Crippen LogP contribution in [-0.2, 0) is 11.2 Å². The van der Waals surface area contributed by atoms with Crippen LogP contribution in [-0.4, -0.2) is 55.0 Å². The van der Waals surface area contributed by atoms with Gasteiger partial charge in [0.1, 0.15) is 11.4 Å². The Hall–Kier alpha value is -3.84. The maximum Gasteiger partial charge on any atom is 0.267 e. The van der Waals surface area contributed by atoms with Crippen molar-refractivity contribution >= 4 is 23.1 Å². The fourth-order valence-corrected chi connectivity index (χ4v) is 4.32. The van der Waals surface area contributed by atoms with Gasteiger partial charge in [-0.15, -0.1) is 0 Å². The molecule has 2 amide bonds. The van der Waals surface area contributed by atoms with Crippen molar-refractivity contribution in [3.8, 4) is 16.9 Å². The lowest BCUT2D eigenvalue weighted by Crippen LogP contribution is -2.34. The molecule has 0 saturated heterocycles. The molecular weight excluding hydrogens is 440 g/mol. The number of H-pyrrole nitrogens is 1. The second-order valence-electron chi connectivity index (χ2n) is 8.41. The molecule has 7 nitrogen and oxygen atoms in total. The van der Waals surface area contributed by atoms with Crippen LogP contribution in [0.2, 0.25) is 0 Å². The average Bonchev–Trinajstić information content (AvgIpc) is 3.49. The van der Waals surface area contributed by atoms with Gasteiger partial charge in [-0.05, 0) is 54.5 Å². The molecule has 3 aromatic rings. The van der Waals surface area contributed by atoms with Gasteiger partial charge < -0.3 is 25.3 Å². The summed E-state index contributed by atoms with van der Waals surface area (Å²) < 4.78 is 5.27. The zero-order valence-electron chi connectivity index (χ0n) is 20.5. The van der Waals surface area contributed by atoms with Crippen molar-refractivity contribution in [3.63, 3.8) is 0 Å². The van der Waals surface area contributed by atoms with E-state index in [9.17, 15) is 9.59 Å². The minimum Gasteiger partial charge on any atom is -0.497 e. The molecular formula is C28H32N4O3. The van der Waals surface area contributed by atoms with Crippen molar-refractivity contribution < 1.29 is 14.3 Å². The van der Waals surface area contributed by atoms with Crippen LogP contribution >= 0.6 is 0 Å². The van der Waals surface area contributed by atoms with E-state index in [1.165, 1.54) is 0 Å². The molecule has 0 bridgehead atoms. The molecule has 182 valence electrons. The molecule has 0 spiro atoms. The minimum atomic E-state index is -0.123. The topological polar surface area (TPSA) is 86.5 Å². The molecule has 0 saturated carbocycles. The van der Waals surface area contributed by atoms with Crippen LogP contribution < -0.4 is 15.4 Å². The van der Waals surface area contributed by atoms with Crippen LogP contribution in [0, 0.1) is 0 Å². The largest absolute Gasteiger partial charge is 0.497 e. The SMILES string of the molecule is CCN(CC)CCNC(=O)c1ccc(C/C=C2\C(=O)Nc3cccc(-c4ccc(OC)cc4)c32)[nH]1. The summed E-state index contributed by atoms with van der Waals surface area (Å²) in [6.07, 6.45) is 2.42. The Balaban J connectivity index is 1.49. The molecule has 0 radical (unpaired) electrons. The van der Waals surface area contributed by atoms with E-state index >= 15 is 0 Å². The molecule has 0 aliphatic carbocycles. The van der Waals surface area contributed by atoms with E-state index in [-0.39, 0.29) is 11.8 Å². The number of methoxy groups -OCH3 is 1. The third-order valence-corrected chi connectivity index (χ3v) is 6.35. The number of hydrogen-bond donors (Lipinski definition) is 3. The Morgan fingerprint density at radius 2 is 1.83 bits per heavy atom. The second-order valence-corrected chi connectivity index (χ2v) is 8.41. The number of nitrogens with zero attached hydrogens (tertiary/aromatic N) is 1. The number of nitrogens with one attached hydrogen (secondary N) is 3. The van der Waals surface area contributed by atoms with E-state index < -0.39 is 0 Å². The van der Waals surface area contributed by atoms with Crippen LogP contribution in [0.1, 0.15) is 35.6 Å². The molecule has 1 aliphatic rings. The van der Waals surface area contributed by atoms with Crippen LogP contribution in [0.5, 0.6) is 5.75 Å². The number of allylic oxidation sites excluding steroid dienone is 1. The smallest absolute Gasteiger partial charge is 0.267 e. The molecule has 0 unspecified atom stereocenters. The number of amides is 2. The van der Waals surface area contributed by atoms with E-state index in [0.29, 0.717) is 24.2 Å². The van der Waals surface area contributed by atoms with Crippen molar-refractivity contribution in [2.75, 3.05) is 38.6 Å². The number of carbonyl (C=O) groups excluding carboxylic acids is 2. The molecule has 3 N–H and O–H groups in total. The highest BCUT2D eigenvalue weighted by atomic mass is 16.5. The van der Waals surface area contributed by atoms with Crippen molar-refractivity contribution in [1.29, 1.82) is 0 Å². The van der Waals surface area contributed by atoms with Crippen LogP contribution in [0.4, 0.5) is 5.69 Å². The molecule has 4 rings (SSSR count). The predicted molar refractivity (Wildman–Crippen MR) is 140 cm³/mol. The molecule has 2 heterocycles. The van der Waals surface area contributed by atoms with Gasteiger partial charge in [-0.2, -0.15) is 0 Å². The van der Waals surface area contributed by atoms with E-state index in [1.54, 1.807) is 13.2 Å². The Kier molecular flexibility index (Phi) is 7.67. The minimum absolute atomic E-state index is 0.123. The van der Waals surface area contributed by atoms with Crippen LogP contribution in [0.25, 0.3) is 16.7 Å². The van der Waals surface area contributed by atoms with Gasteiger partial charge in [0.05, 0.1) is 7.11 Å². The van der Waals surface area contributed by atoms with Gasteiger partial charge >= 0.3 is 0 Å². The monoisotopic (exact) mass is 472 g/mol. The molecule has 1 aromatic heterocycles. The summed E-state index contributed by atoms with van der Waals surface area (Å²) in [5.74, 6) is 0.537. The number of aromatic amines is 1. The number of ether oxygens (including phenoxy) is 1. The van der Waals surface area contributed by atoms with E-state index in [2.05, 4.69) is 34.4 Å². The normalized spacial score (nSPS) is 13.7. The molecule has 0 atom stereocenters. The molecule has 35 heavy (non-hydrogen) atoms. The van der Waals surface area contributed by atoms with Crippen molar-refractivity contribution in [2.45, 2.75) is 20.3 Å². The fourth-order valence-electron chi connectivity index (χ4n) is 4.32. The fraction of sp³-hybridized carbons (Fsp3) is 0.286. The van der Waals surface area contributed by atoms with Crippen molar-refractivity contribution in [2.24, 2.45) is 0 Å². The van der Waals surface area contributed by atoms with E-state index in [0.717, 1.165) is 53.5 Å². The summed E-state index contributed by atoms with van der Waals surface area (Å²) in [4.78, 5) is 30.7. The lowest BCUT2D eigenvalue weighted by molar-refractivity contribution is -0.110. The first-order valence-corrected chi connectivity index (χ1v) is 12.0. The van der Waals surface area contributed by atoms with Crippen LogP contribution in [0.15, 0.2) is 60.7 Å². The Labute approximate surface area is 206 Å². The number of hydrogen-bond acceptors (Lipinski definition) is 4. The van der Waals surface area contributed by atoms with Gasteiger partial charge in [-0.1, -0.05) is 44.2 Å². The Morgan fingerprint density at radius 3 is 2.54 bits per heavy atom. The first-order valence-electron chi connectivity index (χ1n) is 12.0. The van der Waals surface area contributed by atoms with Gasteiger partial charge in [0.2, 0.25) is 0 Å². The predicted octanol–water partition coefficient (Wildman–Crippen LogP) is 4.34. The maximum atomic E-state index is 12.8. The molecule has 1 aliphatic heterocycles. The highest BCUT2D eigenvalue weighted by Gasteiger charge is 2.27. The highest BCUT2D eigenvalue weighted by molar-refractivity contribution is 6.33. The zero-order chi connectivity index (χ0) is 24.8. The lowest BCUT2D eigenvalue weighted by Gasteiger charge is -2.17. The number of benzene rings is 2. The maximum absolute atomic E-state index is 12.8. The molecule has 0 fully saturated rings. The number of aromatic nitrogens is 1. The van der Waals surface area contributed by atoms with Gasteiger partial charge in [0, 0.05) is 42.0 Å². The van der Waals surface area contributed by atoms with Gasteiger partial charge in [0.25, 0.3) is 11.8 Å². The summed E-state index contributed by atoms with van der Waals surface area (Å²) in [6.45, 7) is 7.57. The molecule has 7 heteroatoms. The summed E-state index contributed by atoms with van der Waals surface area (Å²) in [5.41, 5.74) is 5.70. The van der Waals surface area contributed by atoms with E-state index in [1.807, 2.05) is 54.6 Å². The summed E-state index contributed by atoms with van der Waals surface area (Å²) in [5, 5.41) is 5.93.